The molecule has 1 aliphatic heterocycles. The molecular weight excluding hydrogens is 242 g/mol. The molecule has 3 heterocycles. The van der Waals surface area contributed by atoms with Crippen LogP contribution < -0.4 is 10.2 Å². The molecule has 7 nitrogen and oxygen atoms in total. The fraction of sp³-hybridized carbons (Fsp3) is 0.583. The number of piperazine rings is 1. The highest BCUT2D eigenvalue weighted by Gasteiger charge is 2.20. The molecule has 1 aliphatic rings. The third-order valence-electron chi connectivity index (χ3n) is 3.60. The lowest BCUT2D eigenvalue weighted by Gasteiger charge is -2.33. The molecule has 0 unspecified atom stereocenters. The van der Waals surface area contributed by atoms with Crippen molar-refractivity contribution in [2.75, 3.05) is 50.5 Å². The Hall–Kier alpha value is -1.89. The van der Waals surface area contributed by atoms with Gasteiger partial charge in [0.05, 0.1) is 11.6 Å². The largest absolute Gasteiger partial charge is 0.357 e. The average molecular weight is 261 g/mol. The molecule has 0 spiro atoms. The van der Waals surface area contributed by atoms with E-state index in [4.69, 9.17) is 0 Å². The Bertz CT molecular complexity index is 583. The van der Waals surface area contributed by atoms with Crippen LogP contribution in [0, 0.1) is 0 Å². The number of hydrogen-bond donors (Lipinski definition) is 1. The first-order valence-corrected chi connectivity index (χ1v) is 6.50. The number of fused-ring (bicyclic) bond motifs is 1. The Morgan fingerprint density at radius 2 is 1.84 bits per heavy atom. The van der Waals surface area contributed by atoms with Crippen molar-refractivity contribution < 1.29 is 0 Å². The molecule has 2 aromatic heterocycles. The van der Waals surface area contributed by atoms with E-state index in [0.29, 0.717) is 5.95 Å². The second-order valence-corrected chi connectivity index (χ2v) is 4.92. The van der Waals surface area contributed by atoms with Crippen molar-refractivity contribution >= 4 is 22.8 Å². The first-order chi connectivity index (χ1) is 9.19. The Morgan fingerprint density at radius 3 is 2.53 bits per heavy atom. The van der Waals surface area contributed by atoms with Gasteiger partial charge in [-0.1, -0.05) is 0 Å². The molecule has 0 atom stereocenters. The van der Waals surface area contributed by atoms with Gasteiger partial charge >= 0.3 is 0 Å². The molecule has 102 valence electrons. The number of nitrogens with one attached hydrogen (secondary N) is 1. The molecule has 19 heavy (non-hydrogen) atoms. The van der Waals surface area contributed by atoms with Crippen LogP contribution in [-0.2, 0) is 7.05 Å². The zero-order chi connectivity index (χ0) is 13.4. The van der Waals surface area contributed by atoms with Crippen molar-refractivity contribution in [3.63, 3.8) is 0 Å². The second kappa shape index (κ2) is 4.65. The van der Waals surface area contributed by atoms with E-state index in [1.165, 1.54) is 0 Å². The summed E-state index contributed by atoms with van der Waals surface area (Å²) in [6.45, 7) is 4.09. The maximum atomic E-state index is 4.61. The van der Waals surface area contributed by atoms with Crippen LogP contribution in [-0.4, -0.2) is 64.9 Å². The van der Waals surface area contributed by atoms with Crippen LogP contribution in [0.3, 0.4) is 0 Å². The maximum absolute atomic E-state index is 4.61. The summed E-state index contributed by atoms with van der Waals surface area (Å²) >= 11 is 0. The molecule has 2 aromatic rings. The minimum absolute atomic E-state index is 0.644. The Balaban J connectivity index is 2.06. The molecular formula is C12H19N7. The lowest BCUT2D eigenvalue weighted by Crippen LogP contribution is -2.45. The van der Waals surface area contributed by atoms with E-state index >= 15 is 0 Å². The van der Waals surface area contributed by atoms with Crippen LogP contribution in [0.1, 0.15) is 0 Å². The molecule has 1 fully saturated rings. The smallest absolute Gasteiger partial charge is 0.226 e. The van der Waals surface area contributed by atoms with Crippen LogP contribution in [0.25, 0.3) is 11.0 Å². The van der Waals surface area contributed by atoms with Gasteiger partial charge in [0.25, 0.3) is 0 Å². The van der Waals surface area contributed by atoms with Crippen molar-refractivity contribution in [2.24, 2.45) is 7.05 Å². The predicted molar refractivity (Wildman–Crippen MR) is 75.6 cm³/mol. The van der Waals surface area contributed by atoms with Crippen molar-refractivity contribution in [2.45, 2.75) is 0 Å². The number of aryl methyl sites for hydroxylation is 1. The first kappa shape index (κ1) is 12.2. The number of aromatic nitrogens is 4. The van der Waals surface area contributed by atoms with E-state index in [0.717, 1.165) is 43.0 Å². The van der Waals surface area contributed by atoms with Crippen molar-refractivity contribution in [1.29, 1.82) is 0 Å². The zero-order valence-corrected chi connectivity index (χ0v) is 11.6. The quantitative estimate of drug-likeness (QED) is 0.831. The van der Waals surface area contributed by atoms with Gasteiger partial charge in [0.1, 0.15) is 5.82 Å². The summed E-state index contributed by atoms with van der Waals surface area (Å²) in [6.07, 6.45) is 1.85. The Morgan fingerprint density at radius 1 is 1.11 bits per heavy atom. The van der Waals surface area contributed by atoms with Gasteiger partial charge < -0.3 is 15.1 Å². The van der Waals surface area contributed by atoms with Gasteiger partial charge in [-0.3, -0.25) is 4.68 Å². The average Bonchev–Trinajstić information content (AvgIpc) is 2.80. The normalized spacial score (nSPS) is 17.1. The number of rotatable bonds is 2. The van der Waals surface area contributed by atoms with E-state index < -0.39 is 0 Å². The third-order valence-corrected chi connectivity index (χ3v) is 3.60. The van der Waals surface area contributed by atoms with Crippen molar-refractivity contribution in [1.82, 2.24) is 24.6 Å². The molecule has 0 saturated carbocycles. The van der Waals surface area contributed by atoms with Crippen LogP contribution in [0.4, 0.5) is 11.8 Å². The van der Waals surface area contributed by atoms with E-state index in [1.54, 1.807) is 4.68 Å². The number of anilines is 2. The molecule has 0 aliphatic carbocycles. The summed E-state index contributed by atoms with van der Waals surface area (Å²) in [5, 5.41) is 8.33. The van der Waals surface area contributed by atoms with E-state index in [9.17, 15) is 0 Å². The molecule has 0 aromatic carbocycles. The molecule has 0 amide bonds. The fourth-order valence-corrected chi connectivity index (χ4v) is 2.38. The molecule has 1 N–H and O–H groups in total. The van der Waals surface area contributed by atoms with Gasteiger partial charge in [0.15, 0.2) is 5.65 Å². The van der Waals surface area contributed by atoms with Crippen molar-refractivity contribution in [3.05, 3.63) is 6.20 Å². The summed E-state index contributed by atoms with van der Waals surface area (Å²) in [4.78, 5) is 13.7. The highest BCUT2D eigenvalue weighted by Crippen LogP contribution is 2.25. The SMILES string of the molecule is CNc1nc(N2CCN(C)CC2)c2cnn(C)c2n1. The molecule has 3 rings (SSSR count). The fourth-order valence-electron chi connectivity index (χ4n) is 2.38. The van der Waals surface area contributed by atoms with Crippen LogP contribution in [0.5, 0.6) is 0 Å². The zero-order valence-electron chi connectivity index (χ0n) is 11.6. The summed E-state index contributed by atoms with van der Waals surface area (Å²) in [5.74, 6) is 1.63. The van der Waals surface area contributed by atoms with Gasteiger partial charge in [-0.15, -0.1) is 0 Å². The minimum atomic E-state index is 0.644. The lowest BCUT2D eigenvalue weighted by molar-refractivity contribution is 0.312. The predicted octanol–water partition coefficient (Wildman–Crippen LogP) is 0.157. The monoisotopic (exact) mass is 261 g/mol. The van der Waals surface area contributed by atoms with E-state index in [1.807, 2.05) is 20.3 Å². The number of likely N-dealkylation sites (N-methyl/N-ethyl adjacent to an activating group) is 1. The highest BCUT2D eigenvalue weighted by atomic mass is 15.3. The summed E-state index contributed by atoms with van der Waals surface area (Å²) < 4.78 is 1.79. The molecule has 0 radical (unpaired) electrons. The molecule has 7 heteroatoms. The van der Waals surface area contributed by atoms with Gasteiger partial charge in [-0.25, -0.2) is 0 Å². The Kier molecular flexibility index (Phi) is 2.98. The van der Waals surface area contributed by atoms with Gasteiger partial charge in [-0.05, 0) is 7.05 Å². The second-order valence-electron chi connectivity index (χ2n) is 4.92. The Labute approximate surface area is 112 Å². The molecule has 1 saturated heterocycles. The number of nitrogens with zero attached hydrogens (tertiary/aromatic N) is 6. The van der Waals surface area contributed by atoms with Crippen LogP contribution in [0.2, 0.25) is 0 Å². The standard InChI is InChI=1S/C12H19N7/c1-13-12-15-10-9(8-14-18(10)3)11(16-12)19-6-4-17(2)5-7-19/h8H,4-7H2,1-3H3,(H,13,15,16). The van der Waals surface area contributed by atoms with Crippen LogP contribution in [0.15, 0.2) is 6.20 Å². The van der Waals surface area contributed by atoms with E-state index in [2.05, 4.69) is 37.2 Å². The summed E-state index contributed by atoms with van der Waals surface area (Å²) in [7, 11) is 5.89. The molecule has 0 bridgehead atoms. The highest BCUT2D eigenvalue weighted by molar-refractivity contribution is 5.88. The topological polar surface area (TPSA) is 62.1 Å². The third kappa shape index (κ3) is 2.10. The van der Waals surface area contributed by atoms with Crippen LogP contribution >= 0.6 is 0 Å². The lowest BCUT2D eigenvalue weighted by atomic mass is 10.3. The van der Waals surface area contributed by atoms with Gasteiger partial charge in [0, 0.05) is 40.3 Å². The maximum Gasteiger partial charge on any atom is 0.226 e. The van der Waals surface area contributed by atoms with Crippen molar-refractivity contribution in [3.8, 4) is 0 Å². The number of hydrogen-bond acceptors (Lipinski definition) is 6. The van der Waals surface area contributed by atoms with Gasteiger partial charge in [-0.2, -0.15) is 15.1 Å². The summed E-state index contributed by atoms with van der Waals surface area (Å²) in [5.41, 5.74) is 0.869. The minimum Gasteiger partial charge on any atom is -0.357 e. The first-order valence-electron chi connectivity index (χ1n) is 6.50. The summed E-state index contributed by atoms with van der Waals surface area (Å²) in [6, 6.07) is 0. The van der Waals surface area contributed by atoms with E-state index in [-0.39, 0.29) is 0 Å². The van der Waals surface area contributed by atoms with Gasteiger partial charge in [0.2, 0.25) is 5.95 Å².